The Labute approximate surface area is 130 Å². The third-order valence-electron chi connectivity index (χ3n) is 5.39. The number of hydrogen-bond donors (Lipinski definition) is 0. The summed E-state index contributed by atoms with van der Waals surface area (Å²) < 4.78 is 2.75. The van der Waals surface area contributed by atoms with Crippen LogP contribution in [0.15, 0.2) is 30.3 Å². The maximum atomic E-state index is 12.6. The maximum absolute atomic E-state index is 12.6. The number of amides is 1. The second-order valence-corrected chi connectivity index (χ2v) is 17.4. The average molecular weight is 319 g/mol. The number of carbonyl (C=O) groups excluding carboxylic acids is 1. The summed E-state index contributed by atoms with van der Waals surface area (Å²) in [7, 11) is -0.919. The molecule has 2 heterocycles. The zero-order chi connectivity index (χ0) is 15.4. The summed E-state index contributed by atoms with van der Waals surface area (Å²) in [4.78, 5) is 14.6. The van der Waals surface area contributed by atoms with Crippen LogP contribution in [0.4, 0.5) is 0 Å². The van der Waals surface area contributed by atoms with E-state index < -0.39 is 16.5 Å². The van der Waals surface area contributed by atoms with Crippen LogP contribution in [0.1, 0.15) is 11.6 Å². The predicted molar refractivity (Wildman–Crippen MR) is 92.2 cm³/mol. The molecule has 114 valence electrons. The Morgan fingerprint density at radius 2 is 1.48 bits per heavy atom. The molecule has 5 heteroatoms. The fourth-order valence-electron chi connectivity index (χ4n) is 4.34. The van der Waals surface area contributed by atoms with E-state index in [1.54, 1.807) is 0 Å². The van der Waals surface area contributed by atoms with E-state index in [9.17, 15) is 4.79 Å². The van der Waals surface area contributed by atoms with E-state index in [2.05, 4.69) is 54.7 Å². The van der Waals surface area contributed by atoms with Crippen LogP contribution in [-0.4, -0.2) is 44.6 Å². The fourth-order valence-corrected chi connectivity index (χ4v) is 19.0. The highest BCUT2D eigenvalue weighted by molar-refractivity contribution is 6.95. The Kier molecular flexibility index (Phi) is 3.42. The summed E-state index contributed by atoms with van der Waals surface area (Å²) >= 11 is 0. The van der Waals surface area contributed by atoms with Gasteiger partial charge in [0.1, 0.15) is 22.5 Å². The van der Waals surface area contributed by atoms with Crippen LogP contribution in [0.25, 0.3) is 0 Å². The minimum atomic E-state index is -1.44. The molecule has 0 N–H and O–H groups in total. The minimum Gasteiger partial charge on any atom is -0.335 e. The fraction of sp³-hybridized carbons (Fsp3) is 0.562. The van der Waals surface area contributed by atoms with Crippen molar-refractivity contribution in [3.63, 3.8) is 0 Å². The van der Waals surface area contributed by atoms with Gasteiger partial charge in [-0.3, -0.25) is 4.79 Å². The third-order valence-corrected chi connectivity index (χ3v) is 15.6. The highest BCUT2D eigenvalue weighted by Crippen LogP contribution is 2.46. The van der Waals surface area contributed by atoms with E-state index in [0.717, 1.165) is 0 Å². The summed E-state index contributed by atoms with van der Waals surface area (Å²) in [6, 6.07) is 13.6. The van der Waals surface area contributed by atoms with E-state index in [0.29, 0.717) is 5.91 Å². The molecule has 0 unspecified atom stereocenters. The van der Waals surface area contributed by atoms with Crippen molar-refractivity contribution in [3.05, 3.63) is 35.9 Å². The first kappa shape index (κ1) is 15.0. The van der Waals surface area contributed by atoms with Crippen molar-refractivity contribution in [1.82, 2.24) is 9.13 Å². The summed E-state index contributed by atoms with van der Waals surface area (Å²) in [6.45, 7) is 9.79. The highest BCUT2D eigenvalue weighted by atomic mass is 28.4. The van der Waals surface area contributed by atoms with Crippen molar-refractivity contribution in [2.24, 2.45) is 0 Å². The Hall–Kier alpha value is -0.916. The van der Waals surface area contributed by atoms with Gasteiger partial charge in [-0.2, -0.15) is 0 Å². The van der Waals surface area contributed by atoms with E-state index in [1.807, 2.05) is 18.0 Å². The smallest absolute Gasteiger partial charge is 0.241 e. The summed E-state index contributed by atoms with van der Waals surface area (Å²) in [5, 5.41) is 0. The molecule has 0 saturated carbocycles. The molecule has 2 aliphatic heterocycles. The van der Waals surface area contributed by atoms with Gasteiger partial charge in [0.2, 0.25) is 5.91 Å². The van der Waals surface area contributed by atoms with Gasteiger partial charge >= 0.3 is 0 Å². The normalized spacial score (nSPS) is 31.3. The Morgan fingerprint density at radius 1 is 0.952 bits per heavy atom. The number of carbonyl (C=O) groups is 1. The number of likely N-dealkylation sites (tertiary alicyclic amines) is 1. The van der Waals surface area contributed by atoms with Crippen molar-refractivity contribution in [2.75, 3.05) is 7.05 Å². The first-order chi connectivity index (χ1) is 9.76. The van der Waals surface area contributed by atoms with Gasteiger partial charge in [-0.05, 0) is 17.7 Å². The molecule has 0 radical (unpaired) electrons. The van der Waals surface area contributed by atoms with Gasteiger partial charge in [0.15, 0.2) is 0 Å². The Balaban J connectivity index is 1.98. The van der Waals surface area contributed by atoms with E-state index in [4.69, 9.17) is 0 Å². The van der Waals surface area contributed by atoms with Gasteiger partial charge in [-0.15, -0.1) is 0 Å². The van der Waals surface area contributed by atoms with Crippen LogP contribution in [0, 0.1) is 0 Å². The van der Waals surface area contributed by atoms with Gasteiger partial charge in [0, 0.05) is 7.05 Å². The topological polar surface area (TPSA) is 23.6 Å². The van der Waals surface area contributed by atoms with Gasteiger partial charge < -0.3 is 9.13 Å². The lowest BCUT2D eigenvalue weighted by atomic mass is 9.90. The largest absolute Gasteiger partial charge is 0.335 e. The molecule has 0 spiro atoms. The Morgan fingerprint density at radius 3 is 2.00 bits per heavy atom. The van der Waals surface area contributed by atoms with Gasteiger partial charge in [0.25, 0.3) is 0 Å². The maximum Gasteiger partial charge on any atom is 0.241 e. The zero-order valence-electron chi connectivity index (χ0n) is 13.8. The molecule has 3 rings (SSSR count). The van der Waals surface area contributed by atoms with Gasteiger partial charge in [-0.1, -0.05) is 56.5 Å². The minimum absolute atomic E-state index is 0.100. The van der Waals surface area contributed by atoms with E-state index >= 15 is 0 Å². The quantitative estimate of drug-likeness (QED) is 0.617. The average Bonchev–Trinajstić information content (AvgIpc) is 2.66. The van der Waals surface area contributed by atoms with Crippen molar-refractivity contribution >= 4 is 22.4 Å². The Bertz CT molecular complexity index is 543. The molecular formula is C16H26N2OSi2. The third kappa shape index (κ3) is 2.22. The van der Waals surface area contributed by atoms with Crippen LogP contribution >= 0.6 is 0 Å². The monoisotopic (exact) mass is 318 g/mol. The van der Waals surface area contributed by atoms with Crippen LogP contribution in [0.5, 0.6) is 0 Å². The molecule has 21 heavy (non-hydrogen) atoms. The SMILES string of the molecule is CN1C(=O)[C@@H](N2[Si](C)(C)CC[Si]2(C)C)[C@@H]1c1ccccc1. The predicted octanol–water partition coefficient (Wildman–Crippen LogP) is 3.29. The standard InChI is InChI=1S/C16H26N2OSi2/c1-17-14(13-9-7-6-8-10-13)15(16(17)19)18-20(2,3)11-12-21(18,4)5/h6-10,14-15H,11-12H2,1-5H3/t14-,15-/m0/s1. The zero-order valence-corrected chi connectivity index (χ0v) is 15.8. The lowest BCUT2D eigenvalue weighted by Gasteiger charge is -2.56. The second-order valence-electron chi connectivity index (χ2n) is 7.74. The molecule has 0 bridgehead atoms. The molecule has 1 amide bonds. The highest BCUT2D eigenvalue weighted by Gasteiger charge is 2.59. The summed E-state index contributed by atoms with van der Waals surface area (Å²) in [5.74, 6) is 0.326. The molecule has 2 saturated heterocycles. The molecule has 3 nitrogen and oxygen atoms in total. The lowest BCUT2D eigenvalue weighted by molar-refractivity contribution is -0.151. The van der Waals surface area contributed by atoms with Crippen LogP contribution in [-0.2, 0) is 4.79 Å². The molecule has 2 aliphatic rings. The van der Waals surface area contributed by atoms with Crippen molar-refractivity contribution in [1.29, 1.82) is 0 Å². The van der Waals surface area contributed by atoms with E-state index in [1.165, 1.54) is 17.7 Å². The van der Waals surface area contributed by atoms with Crippen molar-refractivity contribution < 1.29 is 4.79 Å². The second kappa shape index (κ2) is 4.79. The van der Waals surface area contributed by atoms with Crippen molar-refractivity contribution in [3.8, 4) is 0 Å². The number of nitrogens with zero attached hydrogens (tertiary/aromatic N) is 2. The molecule has 0 aliphatic carbocycles. The molecule has 1 aromatic carbocycles. The number of likely N-dealkylation sites (N-methyl/N-ethyl adjacent to an activating group) is 1. The van der Waals surface area contributed by atoms with Crippen LogP contribution in [0.2, 0.25) is 38.3 Å². The summed E-state index contributed by atoms with van der Waals surface area (Å²) in [6.07, 6.45) is 0. The van der Waals surface area contributed by atoms with Crippen LogP contribution < -0.4 is 0 Å². The van der Waals surface area contributed by atoms with E-state index in [-0.39, 0.29) is 12.1 Å². The molecular weight excluding hydrogens is 292 g/mol. The molecule has 0 aromatic heterocycles. The first-order valence-corrected chi connectivity index (χ1v) is 14.2. The van der Waals surface area contributed by atoms with Crippen molar-refractivity contribution in [2.45, 2.75) is 50.4 Å². The van der Waals surface area contributed by atoms with Gasteiger partial charge in [0.05, 0.1) is 6.04 Å². The molecule has 2 fully saturated rings. The number of benzene rings is 1. The van der Waals surface area contributed by atoms with Crippen LogP contribution in [0.3, 0.4) is 0 Å². The first-order valence-electron chi connectivity index (χ1n) is 7.87. The number of rotatable bonds is 2. The molecule has 1 aromatic rings. The number of β-lactam (4-membered cyclic amide) rings is 1. The number of hydrogen-bond acceptors (Lipinski definition) is 2. The van der Waals surface area contributed by atoms with Gasteiger partial charge in [-0.25, -0.2) is 0 Å². The summed E-state index contributed by atoms with van der Waals surface area (Å²) in [5.41, 5.74) is 1.28. The molecule has 2 atom stereocenters. The lowest BCUT2D eigenvalue weighted by Crippen LogP contribution is -2.72.